The minimum Gasteiger partial charge on any atom is -0.326 e. The smallest absolute Gasteiger partial charge is 0.241 e. The van der Waals surface area contributed by atoms with Gasteiger partial charge in [-0.1, -0.05) is 29.8 Å². The van der Waals surface area contributed by atoms with Gasteiger partial charge in [0.1, 0.15) is 0 Å². The number of hydrogen-bond acceptors (Lipinski definition) is 3. The Balaban J connectivity index is 1.86. The molecular weight excluding hydrogens is 348 g/mol. The molecule has 0 aromatic heterocycles. The molecule has 7 heteroatoms. The lowest BCUT2D eigenvalue weighted by Crippen LogP contribution is -2.27. The standard InChI is InChI=1S/C17H17ClN2O3S/c1-11(14-4-2-3-5-15(14)18)20-24(22,23)13-7-8-16-12(10-13)6-9-17(21)19-16/h2-5,7-8,10-11,20H,6,9H2,1H3,(H,19,21). The average molecular weight is 365 g/mol. The van der Waals surface area contributed by atoms with Gasteiger partial charge in [0, 0.05) is 23.2 Å². The van der Waals surface area contributed by atoms with E-state index in [0.717, 1.165) is 5.56 Å². The van der Waals surface area contributed by atoms with E-state index in [4.69, 9.17) is 11.6 Å². The molecule has 1 unspecified atom stereocenters. The first kappa shape index (κ1) is 17.0. The summed E-state index contributed by atoms with van der Waals surface area (Å²) in [5, 5.41) is 3.26. The molecule has 126 valence electrons. The number of hydrogen-bond donors (Lipinski definition) is 2. The van der Waals surface area contributed by atoms with Crippen LogP contribution in [0, 0.1) is 0 Å². The summed E-state index contributed by atoms with van der Waals surface area (Å²) in [6, 6.07) is 11.4. The van der Waals surface area contributed by atoms with E-state index in [0.29, 0.717) is 29.1 Å². The maximum absolute atomic E-state index is 12.6. The van der Waals surface area contributed by atoms with Gasteiger partial charge in [-0.3, -0.25) is 4.79 Å². The van der Waals surface area contributed by atoms with Crippen molar-refractivity contribution in [2.24, 2.45) is 0 Å². The molecule has 0 radical (unpaired) electrons. The molecule has 0 saturated carbocycles. The van der Waals surface area contributed by atoms with Gasteiger partial charge in [0.2, 0.25) is 15.9 Å². The number of halogens is 1. The number of sulfonamides is 1. The van der Waals surface area contributed by atoms with Crippen LogP contribution in [0.2, 0.25) is 5.02 Å². The monoisotopic (exact) mass is 364 g/mol. The Labute approximate surface area is 146 Å². The quantitative estimate of drug-likeness (QED) is 0.874. The minimum atomic E-state index is -3.69. The predicted octanol–water partition coefficient (Wildman–Crippen LogP) is 3.26. The molecular formula is C17H17ClN2O3S. The molecule has 2 aromatic rings. The third kappa shape index (κ3) is 3.45. The topological polar surface area (TPSA) is 75.3 Å². The Bertz CT molecular complexity index is 896. The number of nitrogens with one attached hydrogen (secondary N) is 2. The van der Waals surface area contributed by atoms with Gasteiger partial charge in [-0.25, -0.2) is 13.1 Å². The van der Waals surface area contributed by atoms with Crippen LogP contribution in [0.15, 0.2) is 47.4 Å². The molecule has 1 heterocycles. The van der Waals surface area contributed by atoms with Crippen molar-refractivity contribution in [2.75, 3.05) is 5.32 Å². The van der Waals surface area contributed by atoms with Crippen LogP contribution in [0.1, 0.15) is 30.5 Å². The molecule has 0 bridgehead atoms. The molecule has 3 rings (SSSR count). The largest absolute Gasteiger partial charge is 0.326 e. The van der Waals surface area contributed by atoms with Crippen molar-refractivity contribution in [1.29, 1.82) is 0 Å². The summed E-state index contributed by atoms with van der Waals surface area (Å²) in [7, 11) is -3.69. The van der Waals surface area contributed by atoms with E-state index in [9.17, 15) is 13.2 Å². The van der Waals surface area contributed by atoms with Crippen LogP contribution in [0.4, 0.5) is 5.69 Å². The Hall–Kier alpha value is -1.89. The van der Waals surface area contributed by atoms with Crippen LogP contribution in [0.5, 0.6) is 0 Å². The lowest BCUT2D eigenvalue weighted by Gasteiger charge is -2.19. The van der Waals surface area contributed by atoms with E-state index in [-0.39, 0.29) is 10.8 Å². The Morgan fingerprint density at radius 2 is 1.92 bits per heavy atom. The van der Waals surface area contributed by atoms with Gasteiger partial charge >= 0.3 is 0 Å². The van der Waals surface area contributed by atoms with Crippen molar-refractivity contribution in [2.45, 2.75) is 30.7 Å². The van der Waals surface area contributed by atoms with Crippen molar-refractivity contribution in [3.05, 3.63) is 58.6 Å². The third-order valence-electron chi connectivity index (χ3n) is 3.99. The van der Waals surface area contributed by atoms with Crippen LogP contribution in [-0.2, 0) is 21.2 Å². The van der Waals surface area contributed by atoms with Crippen LogP contribution in [0.25, 0.3) is 0 Å². The highest BCUT2D eigenvalue weighted by Crippen LogP contribution is 2.27. The molecule has 0 fully saturated rings. The highest BCUT2D eigenvalue weighted by Gasteiger charge is 2.22. The Kier molecular flexibility index (Phi) is 4.62. The van der Waals surface area contributed by atoms with Crippen LogP contribution >= 0.6 is 11.6 Å². The minimum absolute atomic E-state index is 0.0522. The summed E-state index contributed by atoms with van der Waals surface area (Å²) in [6.07, 6.45) is 0.893. The van der Waals surface area contributed by atoms with Crippen LogP contribution in [-0.4, -0.2) is 14.3 Å². The number of fused-ring (bicyclic) bond motifs is 1. The second-order valence-electron chi connectivity index (χ2n) is 5.73. The molecule has 0 spiro atoms. The molecule has 5 nitrogen and oxygen atoms in total. The lowest BCUT2D eigenvalue weighted by atomic mass is 10.0. The zero-order chi connectivity index (χ0) is 17.3. The second-order valence-corrected chi connectivity index (χ2v) is 7.85. The van der Waals surface area contributed by atoms with Crippen molar-refractivity contribution >= 4 is 33.2 Å². The maximum atomic E-state index is 12.6. The van der Waals surface area contributed by atoms with Crippen molar-refractivity contribution in [3.8, 4) is 0 Å². The summed E-state index contributed by atoms with van der Waals surface area (Å²) < 4.78 is 27.9. The lowest BCUT2D eigenvalue weighted by molar-refractivity contribution is -0.116. The maximum Gasteiger partial charge on any atom is 0.241 e. The average Bonchev–Trinajstić information content (AvgIpc) is 2.54. The fraction of sp³-hybridized carbons (Fsp3) is 0.235. The molecule has 0 saturated heterocycles. The molecule has 2 N–H and O–H groups in total. The number of carbonyl (C=O) groups is 1. The number of carbonyl (C=O) groups excluding carboxylic acids is 1. The zero-order valence-electron chi connectivity index (χ0n) is 13.0. The molecule has 0 aliphatic carbocycles. The first-order chi connectivity index (χ1) is 11.4. The van der Waals surface area contributed by atoms with E-state index in [1.807, 2.05) is 6.07 Å². The number of benzene rings is 2. The van der Waals surface area contributed by atoms with E-state index in [1.54, 1.807) is 37.3 Å². The number of aryl methyl sites for hydroxylation is 1. The fourth-order valence-corrected chi connectivity index (χ4v) is 4.29. The predicted molar refractivity (Wildman–Crippen MR) is 93.6 cm³/mol. The van der Waals surface area contributed by atoms with Gasteiger partial charge in [0.15, 0.2) is 0 Å². The van der Waals surface area contributed by atoms with Crippen molar-refractivity contribution in [3.63, 3.8) is 0 Å². The molecule has 1 amide bonds. The van der Waals surface area contributed by atoms with E-state index >= 15 is 0 Å². The fourth-order valence-electron chi connectivity index (χ4n) is 2.72. The highest BCUT2D eigenvalue weighted by atomic mass is 35.5. The van der Waals surface area contributed by atoms with Gasteiger partial charge in [0.05, 0.1) is 4.90 Å². The van der Waals surface area contributed by atoms with Crippen LogP contribution < -0.4 is 10.0 Å². The second kappa shape index (κ2) is 6.55. The van der Waals surface area contributed by atoms with Gasteiger partial charge < -0.3 is 5.32 Å². The highest BCUT2D eigenvalue weighted by molar-refractivity contribution is 7.89. The SMILES string of the molecule is CC(NS(=O)(=O)c1ccc2c(c1)CCC(=O)N2)c1ccccc1Cl. The number of amides is 1. The molecule has 2 aromatic carbocycles. The number of rotatable bonds is 4. The zero-order valence-corrected chi connectivity index (χ0v) is 14.6. The summed E-state index contributed by atoms with van der Waals surface area (Å²) in [5.41, 5.74) is 2.21. The summed E-state index contributed by atoms with van der Waals surface area (Å²) in [5.74, 6) is -0.0522. The van der Waals surface area contributed by atoms with Crippen molar-refractivity contribution in [1.82, 2.24) is 4.72 Å². The Morgan fingerprint density at radius 3 is 2.67 bits per heavy atom. The van der Waals surface area contributed by atoms with Gasteiger partial charge in [0.25, 0.3) is 0 Å². The summed E-state index contributed by atoms with van der Waals surface area (Å²) >= 11 is 6.13. The number of anilines is 1. The van der Waals surface area contributed by atoms with Gasteiger partial charge in [-0.15, -0.1) is 0 Å². The van der Waals surface area contributed by atoms with E-state index < -0.39 is 16.1 Å². The van der Waals surface area contributed by atoms with Crippen LogP contribution in [0.3, 0.4) is 0 Å². The normalized spacial score (nSPS) is 15.5. The third-order valence-corrected chi connectivity index (χ3v) is 5.87. The first-order valence-corrected chi connectivity index (χ1v) is 9.42. The van der Waals surface area contributed by atoms with E-state index in [1.165, 1.54) is 6.07 Å². The Morgan fingerprint density at radius 1 is 1.17 bits per heavy atom. The van der Waals surface area contributed by atoms with E-state index in [2.05, 4.69) is 10.0 Å². The molecule has 1 aliphatic heterocycles. The summed E-state index contributed by atoms with van der Waals surface area (Å²) in [4.78, 5) is 11.6. The van der Waals surface area contributed by atoms with Gasteiger partial charge in [-0.05, 0) is 48.7 Å². The first-order valence-electron chi connectivity index (χ1n) is 7.56. The molecule has 1 atom stereocenters. The molecule has 1 aliphatic rings. The summed E-state index contributed by atoms with van der Waals surface area (Å²) in [6.45, 7) is 1.75. The molecule has 24 heavy (non-hydrogen) atoms. The van der Waals surface area contributed by atoms with Crippen molar-refractivity contribution < 1.29 is 13.2 Å². The van der Waals surface area contributed by atoms with Gasteiger partial charge in [-0.2, -0.15) is 0 Å².